The molecule has 8 nitrogen and oxygen atoms in total. The molecule has 1 aliphatic rings. The maximum absolute atomic E-state index is 12.6. The molecule has 0 aliphatic carbocycles. The van der Waals surface area contributed by atoms with Crippen LogP contribution in [0.5, 0.6) is 11.6 Å². The molecule has 0 fully saturated rings. The molecular weight excluding hydrogens is 382 g/mol. The Bertz CT molecular complexity index is 1060. The summed E-state index contributed by atoms with van der Waals surface area (Å²) in [6, 6.07) is 11.4. The maximum atomic E-state index is 12.6. The monoisotopic (exact) mass is 407 g/mol. The summed E-state index contributed by atoms with van der Waals surface area (Å²) in [6.07, 6.45) is 0.349. The van der Waals surface area contributed by atoms with Gasteiger partial charge in [0.15, 0.2) is 5.82 Å². The molecule has 0 saturated heterocycles. The molecule has 156 valence electrons. The average molecular weight is 407 g/mol. The largest absolute Gasteiger partial charge is 0.493 e. The van der Waals surface area contributed by atoms with E-state index in [2.05, 4.69) is 34.5 Å². The predicted octanol–water partition coefficient (Wildman–Crippen LogP) is 3.49. The topological polar surface area (TPSA) is 91.2 Å². The van der Waals surface area contributed by atoms with E-state index in [-0.39, 0.29) is 11.8 Å². The average Bonchev–Trinajstić information content (AvgIpc) is 3.08. The zero-order valence-corrected chi connectivity index (χ0v) is 17.5. The molecule has 4 rings (SSSR count). The number of rotatable bonds is 6. The molecule has 0 radical (unpaired) electrons. The Labute approximate surface area is 175 Å². The maximum Gasteiger partial charge on any atom is 0.233 e. The lowest BCUT2D eigenvalue weighted by Crippen LogP contribution is -2.25. The molecule has 1 N–H and O–H groups in total. The molecule has 1 aromatic carbocycles. The first-order chi connectivity index (χ1) is 14.5. The van der Waals surface area contributed by atoms with Crippen LogP contribution in [0.25, 0.3) is 5.82 Å². The fourth-order valence-electron chi connectivity index (χ4n) is 3.62. The first kappa shape index (κ1) is 19.9. The van der Waals surface area contributed by atoms with E-state index >= 15 is 0 Å². The van der Waals surface area contributed by atoms with Crippen molar-refractivity contribution in [1.82, 2.24) is 20.0 Å². The van der Waals surface area contributed by atoms with E-state index in [0.29, 0.717) is 36.5 Å². The molecule has 0 saturated carbocycles. The Morgan fingerprint density at radius 2 is 2.07 bits per heavy atom. The summed E-state index contributed by atoms with van der Waals surface area (Å²) in [6.45, 7) is 6.81. The van der Waals surface area contributed by atoms with Crippen molar-refractivity contribution in [2.75, 3.05) is 19.0 Å². The number of benzene rings is 1. The van der Waals surface area contributed by atoms with Gasteiger partial charge in [0.2, 0.25) is 11.8 Å². The zero-order valence-electron chi connectivity index (χ0n) is 17.5. The number of carbonyl (C=O) groups is 1. The summed E-state index contributed by atoms with van der Waals surface area (Å²) >= 11 is 0. The van der Waals surface area contributed by atoms with Gasteiger partial charge in [-0.15, -0.1) is 10.2 Å². The van der Waals surface area contributed by atoms with E-state index in [1.54, 1.807) is 16.8 Å². The molecular formula is C22H25N5O3. The SMILES string of the molecule is COc1ccc(-n2nc(C)c3c2NC(=O)C[C@@H]3c2cccc(OCC(C)C)c2)nn1. The van der Waals surface area contributed by atoms with Crippen molar-refractivity contribution in [2.24, 2.45) is 5.92 Å². The van der Waals surface area contributed by atoms with E-state index < -0.39 is 0 Å². The Kier molecular flexibility index (Phi) is 5.39. The van der Waals surface area contributed by atoms with Crippen molar-refractivity contribution in [3.05, 3.63) is 53.2 Å². The Hall–Kier alpha value is -3.42. The number of carbonyl (C=O) groups excluding carboxylic acids is 1. The van der Waals surface area contributed by atoms with Crippen LogP contribution in [0.4, 0.5) is 5.82 Å². The van der Waals surface area contributed by atoms with Gasteiger partial charge < -0.3 is 14.8 Å². The molecule has 8 heteroatoms. The molecule has 1 amide bonds. The lowest BCUT2D eigenvalue weighted by molar-refractivity contribution is -0.116. The summed E-state index contributed by atoms with van der Waals surface area (Å²) in [5.74, 6) is 2.61. The zero-order chi connectivity index (χ0) is 21.3. The third-order valence-electron chi connectivity index (χ3n) is 5.00. The van der Waals surface area contributed by atoms with Gasteiger partial charge in [0.1, 0.15) is 11.6 Å². The molecule has 3 heterocycles. The van der Waals surface area contributed by atoms with Crippen molar-refractivity contribution in [2.45, 2.75) is 33.1 Å². The van der Waals surface area contributed by atoms with E-state index in [0.717, 1.165) is 22.6 Å². The van der Waals surface area contributed by atoms with Gasteiger partial charge in [-0.05, 0) is 36.6 Å². The summed E-state index contributed by atoms with van der Waals surface area (Å²) in [4.78, 5) is 12.6. The summed E-state index contributed by atoms with van der Waals surface area (Å²) in [5.41, 5.74) is 2.84. The quantitative estimate of drug-likeness (QED) is 0.673. The standard InChI is InChI=1S/C22H25N5O3/c1-13(2)12-30-16-7-5-6-15(10-16)17-11-19(28)23-22-21(17)14(3)26-27(22)18-8-9-20(29-4)25-24-18/h5-10,13,17H,11-12H2,1-4H3,(H,23,28)/t17-/m1/s1. The van der Waals surface area contributed by atoms with Crippen LogP contribution < -0.4 is 14.8 Å². The third-order valence-corrected chi connectivity index (χ3v) is 5.00. The summed E-state index contributed by atoms with van der Waals surface area (Å²) in [5, 5.41) is 15.8. The second-order valence-corrected chi connectivity index (χ2v) is 7.78. The predicted molar refractivity (Wildman–Crippen MR) is 112 cm³/mol. The lowest BCUT2D eigenvalue weighted by Gasteiger charge is -2.24. The summed E-state index contributed by atoms with van der Waals surface area (Å²) < 4.78 is 12.6. The molecule has 30 heavy (non-hydrogen) atoms. The van der Waals surface area contributed by atoms with Crippen LogP contribution in [0.2, 0.25) is 0 Å². The number of ether oxygens (including phenoxy) is 2. The van der Waals surface area contributed by atoms with Crippen LogP contribution in [0.1, 0.15) is 43.0 Å². The first-order valence-electron chi connectivity index (χ1n) is 9.96. The van der Waals surface area contributed by atoms with Gasteiger partial charge >= 0.3 is 0 Å². The van der Waals surface area contributed by atoms with Gasteiger partial charge in [0, 0.05) is 24.0 Å². The van der Waals surface area contributed by atoms with Crippen molar-refractivity contribution in [3.8, 4) is 17.4 Å². The Morgan fingerprint density at radius 1 is 1.23 bits per heavy atom. The highest BCUT2D eigenvalue weighted by Gasteiger charge is 2.33. The molecule has 2 aromatic heterocycles. The van der Waals surface area contributed by atoms with Crippen LogP contribution in [0, 0.1) is 12.8 Å². The second kappa shape index (κ2) is 8.14. The number of hydrogen-bond donors (Lipinski definition) is 1. The molecule has 0 unspecified atom stereocenters. The van der Waals surface area contributed by atoms with Gasteiger partial charge in [-0.1, -0.05) is 26.0 Å². The number of hydrogen-bond acceptors (Lipinski definition) is 6. The Morgan fingerprint density at radius 3 is 2.77 bits per heavy atom. The van der Waals surface area contributed by atoms with Crippen LogP contribution in [0.3, 0.4) is 0 Å². The number of amides is 1. The van der Waals surface area contributed by atoms with Crippen molar-refractivity contribution >= 4 is 11.7 Å². The number of aromatic nitrogens is 4. The number of nitrogens with one attached hydrogen (secondary N) is 1. The van der Waals surface area contributed by atoms with E-state index in [9.17, 15) is 4.79 Å². The summed E-state index contributed by atoms with van der Waals surface area (Å²) in [7, 11) is 1.54. The van der Waals surface area contributed by atoms with Crippen LogP contribution in [0.15, 0.2) is 36.4 Å². The van der Waals surface area contributed by atoms with Gasteiger partial charge in [0.25, 0.3) is 0 Å². The number of anilines is 1. The lowest BCUT2D eigenvalue weighted by atomic mass is 9.86. The minimum absolute atomic E-state index is 0.0661. The van der Waals surface area contributed by atoms with Crippen molar-refractivity contribution < 1.29 is 14.3 Å². The first-order valence-corrected chi connectivity index (χ1v) is 9.96. The fourth-order valence-corrected chi connectivity index (χ4v) is 3.62. The minimum Gasteiger partial charge on any atom is -0.493 e. The van der Waals surface area contributed by atoms with Crippen LogP contribution >= 0.6 is 0 Å². The second-order valence-electron chi connectivity index (χ2n) is 7.78. The number of nitrogens with zero attached hydrogens (tertiary/aromatic N) is 4. The van der Waals surface area contributed by atoms with E-state index in [4.69, 9.17) is 9.47 Å². The normalized spacial score (nSPS) is 15.6. The van der Waals surface area contributed by atoms with Crippen LogP contribution in [-0.4, -0.2) is 39.6 Å². The number of methoxy groups -OCH3 is 1. The smallest absolute Gasteiger partial charge is 0.233 e. The molecule has 1 atom stereocenters. The molecule has 0 spiro atoms. The molecule has 3 aromatic rings. The van der Waals surface area contributed by atoms with Crippen molar-refractivity contribution in [1.29, 1.82) is 0 Å². The highest BCUT2D eigenvalue weighted by Crippen LogP contribution is 2.40. The van der Waals surface area contributed by atoms with Gasteiger partial charge in [-0.25, -0.2) is 0 Å². The minimum atomic E-state index is -0.115. The highest BCUT2D eigenvalue weighted by molar-refractivity contribution is 5.95. The van der Waals surface area contributed by atoms with E-state index in [1.165, 1.54) is 7.11 Å². The molecule has 0 bridgehead atoms. The molecule has 1 aliphatic heterocycles. The van der Waals surface area contributed by atoms with E-state index in [1.807, 2.05) is 31.2 Å². The third kappa shape index (κ3) is 3.85. The number of fused-ring (bicyclic) bond motifs is 1. The van der Waals surface area contributed by atoms with Gasteiger partial charge in [-0.3, -0.25) is 4.79 Å². The van der Waals surface area contributed by atoms with Gasteiger partial charge in [0.05, 0.1) is 19.4 Å². The fraction of sp³-hybridized carbons (Fsp3) is 0.364. The van der Waals surface area contributed by atoms with Gasteiger partial charge in [-0.2, -0.15) is 9.78 Å². The Balaban J connectivity index is 1.73. The van der Waals surface area contributed by atoms with Crippen molar-refractivity contribution in [3.63, 3.8) is 0 Å². The number of aryl methyl sites for hydroxylation is 1. The van der Waals surface area contributed by atoms with Crippen LogP contribution in [-0.2, 0) is 4.79 Å². The highest BCUT2D eigenvalue weighted by atomic mass is 16.5.